The highest BCUT2D eigenvalue weighted by Gasteiger charge is 2.21. The van der Waals surface area contributed by atoms with Gasteiger partial charge in [0.05, 0.1) is 25.3 Å². The molecule has 2 aromatic heterocycles. The van der Waals surface area contributed by atoms with Crippen LogP contribution in [-0.4, -0.2) is 53.2 Å². The minimum absolute atomic E-state index is 0.103. The van der Waals surface area contributed by atoms with Crippen molar-refractivity contribution in [2.75, 3.05) is 38.2 Å². The lowest BCUT2D eigenvalue weighted by molar-refractivity contribution is -0.117. The van der Waals surface area contributed by atoms with Crippen LogP contribution in [0.15, 0.2) is 64.1 Å². The number of carbonyl (C=O) groups excluding carboxylic acids is 1. The maximum atomic E-state index is 12.8. The lowest BCUT2D eigenvalue weighted by Gasteiger charge is -2.23. The first-order chi connectivity index (χ1) is 16.6. The van der Waals surface area contributed by atoms with Crippen LogP contribution in [0.4, 0.5) is 5.69 Å². The molecule has 0 aliphatic carbocycles. The normalized spacial score (nSPS) is 17.1. The molecule has 0 spiro atoms. The van der Waals surface area contributed by atoms with Crippen LogP contribution in [-0.2, 0) is 22.5 Å². The van der Waals surface area contributed by atoms with E-state index in [1.54, 1.807) is 29.0 Å². The molecule has 1 saturated heterocycles. The Morgan fingerprint density at radius 1 is 1.18 bits per heavy atom. The number of amides is 1. The number of nitrogens with one attached hydrogen (secondary N) is 1. The van der Waals surface area contributed by atoms with Gasteiger partial charge in [0.1, 0.15) is 0 Å². The SMILES string of the molecule is CCn1c(=O)oc2cc(NC(=O)CN3CCOC[C@@H](Cc4ccc5ccncc5c4)C3)ccc21. The number of benzene rings is 2. The maximum Gasteiger partial charge on any atom is 0.419 e. The molecule has 1 atom stereocenters. The van der Waals surface area contributed by atoms with Crippen LogP contribution >= 0.6 is 0 Å². The Morgan fingerprint density at radius 3 is 2.97 bits per heavy atom. The summed E-state index contributed by atoms with van der Waals surface area (Å²) in [7, 11) is 0. The van der Waals surface area contributed by atoms with Gasteiger partial charge >= 0.3 is 5.76 Å². The molecule has 0 bridgehead atoms. The van der Waals surface area contributed by atoms with Crippen molar-refractivity contribution in [1.82, 2.24) is 14.5 Å². The van der Waals surface area contributed by atoms with Gasteiger partial charge in [-0.3, -0.25) is 19.2 Å². The van der Waals surface area contributed by atoms with E-state index in [4.69, 9.17) is 9.15 Å². The van der Waals surface area contributed by atoms with Crippen molar-refractivity contribution in [3.8, 4) is 0 Å². The van der Waals surface area contributed by atoms with Gasteiger partial charge in [0.15, 0.2) is 5.58 Å². The molecule has 4 aromatic rings. The topological polar surface area (TPSA) is 89.6 Å². The van der Waals surface area contributed by atoms with E-state index < -0.39 is 0 Å². The van der Waals surface area contributed by atoms with Crippen molar-refractivity contribution in [3.63, 3.8) is 0 Å². The number of aryl methyl sites for hydroxylation is 1. The number of pyridine rings is 1. The van der Waals surface area contributed by atoms with E-state index in [0.717, 1.165) is 23.9 Å². The van der Waals surface area contributed by atoms with Gasteiger partial charge in [0.25, 0.3) is 0 Å². The standard InChI is InChI=1S/C26H28N4O4/c1-2-30-23-6-5-22(13-24(23)34-26(30)32)28-25(31)16-29-9-10-33-17-19(15-29)11-18-3-4-20-7-8-27-14-21(20)12-18/h3-8,12-14,19H,2,9-11,15-17H2,1H3,(H,28,31)/t19-/m0/s1. The molecule has 1 N–H and O–H groups in total. The zero-order valence-corrected chi connectivity index (χ0v) is 19.2. The molecule has 34 heavy (non-hydrogen) atoms. The van der Waals surface area contributed by atoms with E-state index in [-0.39, 0.29) is 18.2 Å². The van der Waals surface area contributed by atoms with E-state index in [0.29, 0.717) is 43.5 Å². The molecule has 8 heteroatoms. The summed E-state index contributed by atoms with van der Waals surface area (Å²) in [4.78, 5) is 31.0. The molecule has 0 saturated carbocycles. The van der Waals surface area contributed by atoms with Crippen molar-refractivity contribution in [1.29, 1.82) is 0 Å². The van der Waals surface area contributed by atoms with E-state index in [1.807, 2.05) is 19.2 Å². The fraction of sp³-hybridized carbons (Fsp3) is 0.346. The Bertz CT molecular complexity index is 1380. The number of anilines is 1. The summed E-state index contributed by atoms with van der Waals surface area (Å²) in [5.74, 6) is -0.197. The second-order valence-electron chi connectivity index (χ2n) is 8.78. The number of hydrogen-bond acceptors (Lipinski definition) is 6. The van der Waals surface area contributed by atoms with Crippen molar-refractivity contribution in [3.05, 3.63) is 71.0 Å². The maximum absolute atomic E-state index is 12.8. The van der Waals surface area contributed by atoms with Gasteiger partial charge in [0.2, 0.25) is 5.91 Å². The number of hydrogen-bond donors (Lipinski definition) is 1. The summed E-state index contributed by atoms with van der Waals surface area (Å²) in [6.45, 7) is 5.47. The zero-order valence-electron chi connectivity index (χ0n) is 19.2. The Morgan fingerprint density at radius 2 is 2.09 bits per heavy atom. The third-order valence-electron chi connectivity index (χ3n) is 6.29. The van der Waals surface area contributed by atoms with Crippen LogP contribution in [0.3, 0.4) is 0 Å². The van der Waals surface area contributed by atoms with E-state index in [1.165, 1.54) is 10.9 Å². The minimum Gasteiger partial charge on any atom is -0.408 e. The van der Waals surface area contributed by atoms with Crippen molar-refractivity contribution >= 4 is 33.5 Å². The van der Waals surface area contributed by atoms with Crippen LogP contribution in [0.25, 0.3) is 21.9 Å². The Balaban J connectivity index is 1.22. The van der Waals surface area contributed by atoms with Gasteiger partial charge in [-0.05, 0) is 54.5 Å². The smallest absolute Gasteiger partial charge is 0.408 e. The number of fused-ring (bicyclic) bond motifs is 2. The Hall–Kier alpha value is -3.49. The molecule has 3 heterocycles. The first-order valence-electron chi connectivity index (χ1n) is 11.6. The lowest BCUT2D eigenvalue weighted by atomic mass is 9.98. The zero-order chi connectivity index (χ0) is 23.5. The Labute approximate surface area is 197 Å². The fourth-order valence-electron chi connectivity index (χ4n) is 4.66. The van der Waals surface area contributed by atoms with Crippen LogP contribution < -0.4 is 11.1 Å². The van der Waals surface area contributed by atoms with Gasteiger partial charge < -0.3 is 14.5 Å². The predicted octanol–water partition coefficient (Wildman–Crippen LogP) is 3.29. The van der Waals surface area contributed by atoms with Crippen molar-refractivity contribution in [2.24, 2.45) is 5.92 Å². The number of aromatic nitrogens is 2. The number of carbonyl (C=O) groups is 1. The molecule has 5 rings (SSSR count). The second-order valence-corrected chi connectivity index (χ2v) is 8.78. The molecule has 0 radical (unpaired) electrons. The number of rotatable bonds is 6. The van der Waals surface area contributed by atoms with Gasteiger partial charge in [-0.15, -0.1) is 0 Å². The Kier molecular flexibility index (Phi) is 6.42. The van der Waals surface area contributed by atoms with Crippen LogP contribution in [0.2, 0.25) is 0 Å². The van der Waals surface area contributed by atoms with E-state index >= 15 is 0 Å². The molecule has 8 nitrogen and oxygen atoms in total. The highest BCUT2D eigenvalue weighted by molar-refractivity contribution is 5.94. The monoisotopic (exact) mass is 460 g/mol. The number of ether oxygens (including phenoxy) is 1. The number of nitrogens with zero attached hydrogens (tertiary/aromatic N) is 3. The summed E-state index contributed by atoms with van der Waals surface area (Å²) in [5.41, 5.74) is 3.05. The first-order valence-corrected chi connectivity index (χ1v) is 11.6. The first kappa shape index (κ1) is 22.3. The average Bonchev–Trinajstić information content (AvgIpc) is 2.98. The summed E-state index contributed by atoms with van der Waals surface area (Å²) < 4.78 is 12.7. The molecule has 176 valence electrons. The van der Waals surface area contributed by atoms with E-state index in [9.17, 15) is 9.59 Å². The molecule has 2 aromatic carbocycles. The molecule has 1 aliphatic rings. The quantitative estimate of drug-likeness (QED) is 0.475. The molecule has 1 amide bonds. The fourth-order valence-corrected chi connectivity index (χ4v) is 4.66. The van der Waals surface area contributed by atoms with Gasteiger partial charge in [-0.1, -0.05) is 12.1 Å². The largest absolute Gasteiger partial charge is 0.419 e. The second kappa shape index (κ2) is 9.79. The summed E-state index contributed by atoms with van der Waals surface area (Å²) in [6, 6.07) is 13.8. The molecular formula is C26H28N4O4. The van der Waals surface area contributed by atoms with Gasteiger partial charge in [-0.25, -0.2) is 4.79 Å². The highest BCUT2D eigenvalue weighted by atomic mass is 16.5. The predicted molar refractivity (Wildman–Crippen MR) is 131 cm³/mol. The summed E-state index contributed by atoms with van der Waals surface area (Å²) in [6.07, 6.45) is 4.57. The van der Waals surface area contributed by atoms with Gasteiger partial charge in [-0.2, -0.15) is 0 Å². The third-order valence-corrected chi connectivity index (χ3v) is 6.29. The lowest BCUT2D eigenvalue weighted by Crippen LogP contribution is -2.37. The molecule has 1 fully saturated rings. The minimum atomic E-state index is -0.390. The molecular weight excluding hydrogens is 432 g/mol. The van der Waals surface area contributed by atoms with E-state index in [2.05, 4.69) is 33.4 Å². The third kappa shape index (κ3) is 4.88. The molecule has 1 aliphatic heterocycles. The van der Waals surface area contributed by atoms with Crippen molar-refractivity contribution in [2.45, 2.75) is 19.9 Å². The highest BCUT2D eigenvalue weighted by Crippen LogP contribution is 2.20. The summed E-state index contributed by atoms with van der Waals surface area (Å²) >= 11 is 0. The van der Waals surface area contributed by atoms with Crippen LogP contribution in [0, 0.1) is 5.92 Å². The number of oxazole rings is 1. The van der Waals surface area contributed by atoms with Crippen molar-refractivity contribution < 1.29 is 13.9 Å². The van der Waals surface area contributed by atoms with Crippen LogP contribution in [0.1, 0.15) is 12.5 Å². The average molecular weight is 461 g/mol. The molecule has 0 unspecified atom stereocenters. The van der Waals surface area contributed by atoms with Gasteiger partial charge in [0, 0.05) is 49.2 Å². The summed E-state index contributed by atoms with van der Waals surface area (Å²) in [5, 5.41) is 5.24. The van der Waals surface area contributed by atoms with Crippen LogP contribution in [0.5, 0.6) is 0 Å².